The minimum Gasteiger partial charge on any atom is -0.345 e. The van der Waals surface area contributed by atoms with Crippen LogP contribution in [0.3, 0.4) is 0 Å². The fourth-order valence-electron chi connectivity index (χ4n) is 2.06. The van der Waals surface area contributed by atoms with E-state index in [1.807, 2.05) is 6.07 Å². The number of amides is 1. The summed E-state index contributed by atoms with van der Waals surface area (Å²) in [7, 11) is 0. The Hall–Kier alpha value is -3.00. The molecular formula is C14H10ClN5O3. The van der Waals surface area contributed by atoms with Crippen LogP contribution in [-0.4, -0.2) is 25.8 Å². The Morgan fingerprint density at radius 2 is 2.22 bits per heavy atom. The van der Waals surface area contributed by atoms with E-state index >= 15 is 0 Å². The fourth-order valence-corrected chi connectivity index (χ4v) is 2.28. The molecule has 2 N–H and O–H groups in total. The summed E-state index contributed by atoms with van der Waals surface area (Å²) >= 11 is 5.80. The number of fused-ring (bicyclic) bond motifs is 1. The van der Waals surface area contributed by atoms with E-state index in [1.165, 1.54) is 18.2 Å². The van der Waals surface area contributed by atoms with Crippen LogP contribution in [-0.2, 0) is 6.54 Å². The normalized spacial score (nSPS) is 10.7. The summed E-state index contributed by atoms with van der Waals surface area (Å²) in [6, 6.07) is 7.31. The van der Waals surface area contributed by atoms with Crippen molar-refractivity contribution >= 4 is 34.4 Å². The van der Waals surface area contributed by atoms with Gasteiger partial charge in [-0.25, -0.2) is 9.97 Å². The number of H-pyrrole nitrogens is 1. The Labute approximate surface area is 134 Å². The van der Waals surface area contributed by atoms with Crippen molar-refractivity contribution in [2.45, 2.75) is 6.54 Å². The van der Waals surface area contributed by atoms with Crippen LogP contribution in [0.15, 0.2) is 36.5 Å². The lowest BCUT2D eigenvalue weighted by atomic mass is 10.2. The highest BCUT2D eigenvalue weighted by atomic mass is 35.5. The summed E-state index contributed by atoms with van der Waals surface area (Å²) < 4.78 is 0. The van der Waals surface area contributed by atoms with Gasteiger partial charge in [-0.15, -0.1) is 0 Å². The van der Waals surface area contributed by atoms with E-state index in [-0.39, 0.29) is 22.8 Å². The van der Waals surface area contributed by atoms with Gasteiger partial charge in [0.15, 0.2) is 5.65 Å². The van der Waals surface area contributed by atoms with Crippen molar-refractivity contribution in [3.8, 4) is 0 Å². The van der Waals surface area contributed by atoms with E-state index < -0.39 is 10.8 Å². The maximum atomic E-state index is 12.1. The SMILES string of the molecule is O=C(NCc1nc2ncccc2[nH]1)c1cc(Cl)cc([N+](=O)[O-])c1. The second-order valence-corrected chi connectivity index (χ2v) is 5.13. The van der Waals surface area contributed by atoms with Gasteiger partial charge in [-0.3, -0.25) is 14.9 Å². The minimum atomic E-state index is -0.604. The molecule has 1 aromatic carbocycles. The quantitative estimate of drug-likeness (QED) is 0.563. The summed E-state index contributed by atoms with van der Waals surface area (Å²) in [5.41, 5.74) is 1.18. The van der Waals surface area contributed by atoms with Gasteiger partial charge in [0.05, 0.1) is 17.0 Å². The molecular weight excluding hydrogens is 322 g/mol. The van der Waals surface area contributed by atoms with Gasteiger partial charge in [0.25, 0.3) is 11.6 Å². The molecule has 0 spiro atoms. The predicted molar refractivity (Wildman–Crippen MR) is 83.2 cm³/mol. The van der Waals surface area contributed by atoms with Crippen molar-refractivity contribution in [2.75, 3.05) is 0 Å². The molecule has 0 unspecified atom stereocenters. The first kappa shape index (κ1) is 14.9. The molecule has 2 aromatic heterocycles. The van der Waals surface area contributed by atoms with Gasteiger partial charge in [-0.05, 0) is 18.2 Å². The highest BCUT2D eigenvalue weighted by Gasteiger charge is 2.14. The van der Waals surface area contributed by atoms with Crippen molar-refractivity contribution in [1.29, 1.82) is 0 Å². The van der Waals surface area contributed by atoms with Gasteiger partial charge in [0.1, 0.15) is 5.82 Å². The van der Waals surface area contributed by atoms with E-state index in [4.69, 9.17) is 11.6 Å². The molecule has 3 aromatic rings. The average Bonchev–Trinajstić information content (AvgIpc) is 2.94. The van der Waals surface area contributed by atoms with E-state index in [1.54, 1.807) is 12.3 Å². The number of pyridine rings is 1. The number of nitrogens with zero attached hydrogens (tertiary/aromatic N) is 3. The van der Waals surface area contributed by atoms with E-state index in [9.17, 15) is 14.9 Å². The predicted octanol–water partition coefficient (Wildman–Crippen LogP) is 2.45. The van der Waals surface area contributed by atoms with Crippen LogP contribution in [0.25, 0.3) is 11.2 Å². The molecule has 9 heteroatoms. The summed E-state index contributed by atoms with van der Waals surface area (Å²) in [5.74, 6) is 0.0487. The largest absolute Gasteiger partial charge is 0.345 e. The van der Waals surface area contributed by atoms with Crippen LogP contribution in [0.5, 0.6) is 0 Å². The van der Waals surface area contributed by atoms with Gasteiger partial charge in [0.2, 0.25) is 0 Å². The van der Waals surface area contributed by atoms with Crippen molar-refractivity contribution in [3.63, 3.8) is 0 Å². The smallest absolute Gasteiger partial charge is 0.271 e. The number of aromatic nitrogens is 3. The number of nitrogens with one attached hydrogen (secondary N) is 2. The van der Waals surface area contributed by atoms with E-state index in [0.717, 1.165) is 5.52 Å². The summed E-state index contributed by atoms with van der Waals surface area (Å²) in [4.78, 5) is 33.6. The maximum Gasteiger partial charge on any atom is 0.271 e. The molecule has 1 amide bonds. The number of halogens is 1. The summed E-state index contributed by atoms with van der Waals surface area (Å²) in [6.07, 6.45) is 1.62. The minimum absolute atomic E-state index is 0.110. The Morgan fingerprint density at radius 3 is 2.96 bits per heavy atom. The van der Waals surface area contributed by atoms with Gasteiger partial charge < -0.3 is 10.3 Å². The number of benzene rings is 1. The second-order valence-electron chi connectivity index (χ2n) is 4.70. The summed E-state index contributed by atoms with van der Waals surface area (Å²) in [6.45, 7) is 0.134. The Balaban J connectivity index is 1.75. The molecule has 0 aliphatic carbocycles. The number of hydrogen-bond donors (Lipinski definition) is 2. The van der Waals surface area contributed by atoms with Gasteiger partial charge in [-0.2, -0.15) is 0 Å². The Kier molecular flexibility index (Phi) is 3.90. The van der Waals surface area contributed by atoms with Crippen LogP contribution < -0.4 is 5.32 Å². The standard InChI is InChI=1S/C14H10ClN5O3/c15-9-4-8(5-10(6-9)20(22)23)14(21)17-7-12-18-11-2-1-3-16-13(11)19-12/h1-6H,7H2,(H,17,21)(H,16,18,19). The molecule has 116 valence electrons. The van der Waals surface area contributed by atoms with Crippen molar-refractivity contribution in [3.05, 3.63) is 63.1 Å². The van der Waals surface area contributed by atoms with E-state index in [0.29, 0.717) is 11.5 Å². The monoisotopic (exact) mass is 331 g/mol. The molecule has 0 radical (unpaired) electrons. The number of aromatic amines is 1. The number of carbonyl (C=O) groups is 1. The molecule has 0 bridgehead atoms. The molecule has 8 nitrogen and oxygen atoms in total. The third-order valence-electron chi connectivity index (χ3n) is 3.08. The van der Waals surface area contributed by atoms with Crippen LogP contribution in [0.2, 0.25) is 5.02 Å². The number of carbonyl (C=O) groups excluding carboxylic acids is 1. The second kappa shape index (κ2) is 6.01. The van der Waals surface area contributed by atoms with E-state index in [2.05, 4.69) is 20.3 Å². The van der Waals surface area contributed by atoms with Crippen molar-refractivity contribution in [2.24, 2.45) is 0 Å². The molecule has 0 fully saturated rings. The molecule has 0 atom stereocenters. The number of nitro groups is 1. The number of nitro benzene ring substituents is 1. The summed E-state index contributed by atoms with van der Waals surface area (Å²) in [5, 5.41) is 13.6. The lowest BCUT2D eigenvalue weighted by Gasteiger charge is -2.04. The van der Waals surface area contributed by atoms with Crippen LogP contribution in [0, 0.1) is 10.1 Å². The van der Waals surface area contributed by atoms with Crippen LogP contribution >= 0.6 is 11.6 Å². The van der Waals surface area contributed by atoms with Crippen LogP contribution in [0.1, 0.15) is 16.2 Å². The fraction of sp³-hybridized carbons (Fsp3) is 0.0714. The first-order valence-corrected chi connectivity index (χ1v) is 6.93. The third-order valence-corrected chi connectivity index (χ3v) is 3.30. The highest BCUT2D eigenvalue weighted by molar-refractivity contribution is 6.31. The number of imidazole rings is 1. The first-order chi connectivity index (χ1) is 11.0. The number of non-ortho nitro benzene ring substituents is 1. The molecule has 0 saturated heterocycles. The molecule has 2 heterocycles. The molecule has 0 aliphatic heterocycles. The van der Waals surface area contributed by atoms with Crippen molar-refractivity contribution in [1.82, 2.24) is 20.3 Å². The lowest BCUT2D eigenvalue weighted by Crippen LogP contribution is -2.23. The lowest BCUT2D eigenvalue weighted by molar-refractivity contribution is -0.384. The molecule has 3 rings (SSSR count). The molecule has 23 heavy (non-hydrogen) atoms. The molecule has 0 aliphatic rings. The topological polar surface area (TPSA) is 114 Å². The Morgan fingerprint density at radius 1 is 1.39 bits per heavy atom. The first-order valence-electron chi connectivity index (χ1n) is 6.56. The number of hydrogen-bond acceptors (Lipinski definition) is 5. The zero-order chi connectivity index (χ0) is 16.4. The zero-order valence-electron chi connectivity index (χ0n) is 11.6. The van der Waals surface area contributed by atoms with Gasteiger partial charge >= 0.3 is 0 Å². The maximum absolute atomic E-state index is 12.1. The van der Waals surface area contributed by atoms with Crippen molar-refractivity contribution < 1.29 is 9.72 Å². The Bertz CT molecular complexity index is 875. The van der Waals surface area contributed by atoms with Crippen LogP contribution in [0.4, 0.5) is 5.69 Å². The zero-order valence-corrected chi connectivity index (χ0v) is 12.4. The number of rotatable bonds is 4. The highest BCUT2D eigenvalue weighted by Crippen LogP contribution is 2.20. The molecule has 0 saturated carbocycles. The van der Waals surface area contributed by atoms with Gasteiger partial charge in [-0.1, -0.05) is 11.6 Å². The average molecular weight is 332 g/mol. The van der Waals surface area contributed by atoms with Gasteiger partial charge in [0, 0.05) is 28.9 Å². The third kappa shape index (κ3) is 3.27.